The molecule has 3 fully saturated rings. The monoisotopic (exact) mass is 632 g/mol. The molecule has 9 nitrogen and oxygen atoms in total. The van der Waals surface area contributed by atoms with Crippen molar-refractivity contribution in [1.29, 1.82) is 0 Å². The zero-order valence-corrected chi connectivity index (χ0v) is 27.5. The Morgan fingerprint density at radius 2 is 1.38 bits per heavy atom. The quantitative estimate of drug-likeness (QED) is 0.326. The number of hydrogen-bond donors (Lipinski definition) is 1. The molecule has 5 heterocycles. The Kier molecular flexibility index (Phi) is 8.82. The van der Waals surface area contributed by atoms with Crippen molar-refractivity contribution in [2.75, 3.05) is 52.4 Å². The number of carbonyl (C=O) groups excluding carboxylic acids is 3. The highest BCUT2D eigenvalue weighted by molar-refractivity contribution is 5.97. The van der Waals surface area contributed by atoms with Crippen LogP contribution in [0.3, 0.4) is 0 Å². The lowest BCUT2D eigenvalue weighted by Crippen LogP contribution is -2.55. The van der Waals surface area contributed by atoms with Crippen molar-refractivity contribution >= 4 is 28.6 Å². The summed E-state index contributed by atoms with van der Waals surface area (Å²) < 4.78 is 0. The molecule has 9 heteroatoms. The number of H-pyrrole nitrogens is 1. The minimum absolute atomic E-state index is 0.0356. The molecule has 2 aromatic heterocycles. The van der Waals surface area contributed by atoms with Gasteiger partial charge in [0.15, 0.2) is 0 Å². The van der Waals surface area contributed by atoms with Crippen LogP contribution in [0.25, 0.3) is 33.4 Å². The number of piperidine rings is 2. The van der Waals surface area contributed by atoms with Crippen molar-refractivity contribution in [1.82, 2.24) is 29.6 Å². The molecule has 244 valence electrons. The van der Waals surface area contributed by atoms with Crippen LogP contribution in [0.4, 0.5) is 0 Å². The van der Waals surface area contributed by atoms with Crippen molar-refractivity contribution in [3.8, 4) is 22.5 Å². The van der Waals surface area contributed by atoms with E-state index in [1.165, 1.54) is 5.56 Å². The van der Waals surface area contributed by atoms with E-state index in [1.807, 2.05) is 63.4 Å². The van der Waals surface area contributed by atoms with Crippen molar-refractivity contribution in [2.24, 2.45) is 5.92 Å². The highest BCUT2D eigenvalue weighted by atomic mass is 16.2. The van der Waals surface area contributed by atoms with Crippen molar-refractivity contribution < 1.29 is 14.4 Å². The van der Waals surface area contributed by atoms with Crippen LogP contribution in [0.2, 0.25) is 0 Å². The van der Waals surface area contributed by atoms with Gasteiger partial charge in [-0.25, -0.2) is 4.98 Å². The van der Waals surface area contributed by atoms with Crippen LogP contribution in [0.5, 0.6) is 0 Å². The largest absolute Gasteiger partial charge is 0.361 e. The molecule has 4 aromatic rings. The number of aromatic amines is 1. The third-order valence-corrected chi connectivity index (χ3v) is 10.5. The number of piperazine rings is 1. The molecule has 3 amide bonds. The third kappa shape index (κ3) is 6.54. The molecular formula is C38H44N6O3. The molecule has 47 heavy (non-hydrogen) atoms. The molecule has 1 N–H and O–H groups in total. The molecule has 0 atom stereocenters. The highest BCUT2D eigenvalue weighted by Gasteiger charge is 2.34. The fraction of sp³-hybridized carbons (Fsp3) is 0.421. The topological polar surface area (TPSA) is 92.9 Å². The van der Waals surface area contributed by atoms with E-state index in [1.54, 1.807) is 6.92 Å². The number of pyridine rings is 1. The Labute approximate surface area is 276 Å². The van der Waals surface area contributed by atoms with Crippen LogP contribution < -0.4 is 0 Å². The van der Waals surface area contributed by atoms with E-state index in [2.05, 4.69) is 35.0 Å². The third-order valence-electron chi connectivity index (χ3n) is 10.5. The molecule has 3 saturated heterocycles. The predicted molar refractivity (Wildman–Crippen MR) is 184 cm³/mol. The van der Waals surface area contributed by atoms with E-state index in [0.717, 1.165) is 85.3 Å². The van der Waals surface area contributed by atoms with Gasteiger partial charge in [0, 0.05) is 105 Å². The molecule has 0 unspecified atom stereocenters. The number of aryl methyl sites for hydroxylation is 1. The summed E-state index contributed by atoms with van der Waals surface area (Å²) in [7, 11) is 0. The first-order valence-corrected chi connectivity index (χ1v) is 17.1. The summed E-state index contributed by atoms with van der Waals surface area (Å²) in [5.41, 5.74) is 6.49. The number of nitrogens with zero attached hydrogens (tertiary/aromatic N) is 5. The molecule has 0 radical (unpaired) electrons. The van der Waals surface area contributed by atoms with Gasteiger partial charge >= 0.3 is 0 Å². The van der Waals surface area contributed by atoms with Gasteiger partial charge in [-0.15, -0.1) is 0 Å². The van der Waals surface area contributed by atoms with E-state index in [4.69, 9.17) is 4.98 Å². The van der Waals surface area contributed by atoms with Crippen molar-refractivity contribution in [3.05, 3.63) is 78.0 Å². The van der Waals surface area contributed by atoms with Gasteiger partial charge in [-0.05, 0) is 62.4 Å². The fourth-order valence-electron chi connectivity index (χ4n) is 7.60. The van der Waals surface area contributed by atoms with Gasteiger partial charge in [0.1, 0.15) is 0 Å². The van der Waals surface area contributed by atoms with Crippen LogP contribution in [0.1, 0.15) is 48.5 Å². The Balaban J connectivity index is 0.997. The molecular weight excluding hydrogens is 588 g/mol. The minimum Gasteiger partial charge on any atom is -0.361 e. The summed E-state index contributed by atoms with van der Waals surface area (Å²) in [6.45, 7) is 9.66. The van der Waals surface area contributed by atoms with E-state index >= 15 is 0 Å². The average molecular weight is 633 g/mol. The number of amides is 3. The Morgan fingerprint density at radius 1 is 0.723 bits per heavy atom. The number of rotatable bonds is 5. The number of likely N-dealkylation sites (tertiary alicyclic amines) is 2. The molecule has 0 aliphatic carbocycles. The first-order chi connectivity index (χ1) is 22.8. The number of benzene rings is 2. The minimum atomic E-state index is 0.0356. The van der Waals surface area contributed by atoms with Crippen LogP contribution >= 0.6 is 0 Å². The fourth-order valence-corrected chi connectivity index (χ4v) is 7.60. The summed E-state index contributed by atoms with van der Waals surface area (Å²) in [4.78, 5) is 55.6. The summed E-state index contributed by atoms with van der Waals surface area (Å²) in [5.74, 6) is 0.438. The zero-order chi connectivity index (χ0) is 32.5. The van der Waals surface area contributed by atoms with E-state index in [9.17, 15) is 14.4 Å². The van der Waals surface area contributed by atoms with Crippen LogP contribution in [0, 0.1) is 12.8 Å². The van der Waals surface area contributed by atoms with Gasteiger partial charge in [0.25, 0.3) is 5.91 Å². The standard InChI is InChI=1S/C38H44N6O3/c1-26-25-39-34-9-8-30(22-33(26)34)36-24-31(23-35(40-36)28-6-4-3-5-7-28)38(47)44-20-18-42(19-21-44)32-12-16-43(17-13-32)37(46)29-10-14-41(15-11-29)27(2)45/h3-9,22-25,29,32,39H,10-21H2,1-2H3. The maximum atomic E-state index is 14.0. The predicted octanol–water partition coefficient (Wildman–Crippen LogP) is 5.21. The lowest BCUT2D eigenvalue weighted by atomic mass is 9.93. The number of fused-ring (bicyclic) bond motifs is 1. The lowest BCUT2D eigenvalue weighted by molar-refractivity contribution is -0.141. The number of nitrogens with one attached hydrogen (secondary N) is 1. The Hall–Kier alpha value is -4.50. The number of hydrogen-bond acceptors (Lipinski definition) is 5. The van der Waals surface area contributed by atoms with Crippen molar-refractivity contribution in [3.63, 3.8) is 0 Å². The Bertz CT molecular complexity index is 1760. The molecule has 0 bridgehead atoms. The average Bonchev–Trinajstić information content (AvgIpc) is 3.51. The normalized spacial score (nSPS) is 18.6. The maximum absolute atomic E-state index is 14.0. The first-order valence-electron chi connectivity index (χ1n) is 17.1. The summed E-state index contributed by atoms with van der Waals surface area (Å²) >= 11 is 0. The lowest BCUT2D eigenvalue weighted by Gasteiger charge is -2.43. The zero-order valence-electron chi connectivity index (χ0n) is 27.5. The second kappa shape index (κ2) is 13.3. The van der Waals surface area contributed by atoms with Gasteiger partial charge in [0.05, 0.1) is 11.4 Å². The van der Waals surface area contributed by atoms with Crippen LogP contribution in [0.15, 0.2) is 66.9 Å². The molecule has 0 spiro atoms. The summed E-state index contributed by atoms with van der Waals surface area (Å²) in [5, 5.41) is 1.16. The second-order valence-corrected chi connectivity index (χ2v) is 13.4. The molecule has 2 aromatic carbocycles. The number of aromatic nitrogens is 2. The van der Waals surface area contributed by atoms with Crippen molar-refractivity contribution in [2.45, 2.75) is 45.6 Å². The highest BCUT2D eigenvalue weighted by Crippen LogP contribution is 2.30. The molecule has 7 rings (SSSR count). The van der Waals surface area contributed by atoms with E-state index in [-0.39, 0.29) is 23.6 Å². The second-order valence-electron chi connectivity index (χ2n) is 13.4. The van der Waals surface area contributed by atoms with E-state index in [0.29, 0.717) is 37.8 Å². The first kappa shape index (κ1) is 31.1. The van der Waals surface area contributed by atoms with E-state index < -0.39 is 0 Å². The van der Waals surface area contributed by atoms with Gasteiger partial charge in [-0.3, -0.25) is 19.3 Å². The maximum Gasteiger partial charge on any atom is 0.254 e. The molecule has 3 aliphatic heterocycles. The van der Waals surface area contributed by atoms with Gasteiger partial charge in [-0.2, -0.15) is 0 Å². The summed E-state index contributed by atoms with van der Waals surface area (Å²) in [6, 6.07) is 20.7. The number of carbonyl (C=O) groups is 3. The van der Waals surface area contributed by atoms with Crippen LogP contribution in [-0.4, -0.2) is 106 Å². The smallest absolute Gasteiger partial charge is 0.254 e. The van der Waals surface area contributed by atoms with Crippen LogP contribution in [-0.2, 0) is 9.59 Å². The van der Waals surface area contributed by atoms with Gasteiger partial charge in [-0.1, -0.05) is 36.4 Å². The van der Waals surface area contributed by atoms with Gasteiger partial charge < -0.3 is 19.7 Å². The molecule has 0 saturated carbocycles. The SMILES string of the molecule is CC(=O)N1CCC(C(=O)N2CCC(N3CCN(C(=O)c4cc(-c5ccccc5)nc(-c5ccc6[nH]cc(C)c6c5)c4)CC3)CC2)CC1. The summed E-state index contributed by atoms with van der Waals surface area (Å²) in [6.07, 6.45) is 5.47. The Morgan fingerprint density at radius 3 is 2.06 bits per heavy atom. The molecule has 3 aliphatic rings. The van der Waals surface area contributed by atoms with Gasteiger partial charge in [0.2, 0.25) is 11.8 Å².